The van der Waals surface area contributed by atoms with Crippen molar-refractivity contribution in [1.82, 2.24) is 0 Å². The van der Waals surface area contributed by atoms with E-state index in [1.165, 1.54) is 63.9 Å². The van der Waals surface area contributed by atoms with E-state index in [1.807, 2.05) is 0 Å². The van der Waals surface area contributed by atoms with Gasteiger partial charge in [-0.25, -0.2) is 0 Å². The lowest BCUT2D eigenvalue weighted by molar-refractivity contribution is 0.573. The van der Waals surface area contributed by atoms with Crippen LogP contribution < -0.4 is 0 Å². The topological polar surface area (TPSA) is 0 Å². The molecule has 0 aromatic heterocycles. The zero-order valence-electron chi connectivity index (χ0n) is 8.57. The van der Waals surface area contributed by atoms with Crippen LogP contribution >= 0.6 is 9.24 Å². The van der Waals surface area contributed by atoms with Crippen LogP contribution in [0.2, 0.25) is 0 Å². The average molecular weight is 187 g/mol. The summed E-state index contributed by atoms with van der Waals surface area (Å²) in [5.41, 5.74) is 0. The van der Waals surface area contributed by atoms with Gasteiger partial charge in [0, 0.05) is 0 Å². The van der Waals surface area contributed by atoms with Crippen LogP contribution in [-0.4, -0.2) is 6.16 Å². The fourth-order valence-electron chi connectivity index (χ4n) is 1.44. The Balaban J connectivity index is 2.73. The Morgan fingerprint density at radius 3 is 1.50 bits per heavy atom. The lowest BCUT2D eigenvalue weighted by atomic mass is 10.1. The summed E-state index contributed by atoms with van der Waals surface area (Å²) in [7, 11) is 3.50. The Morgan fingerprint density at radius 1 is 0.667 bits per heavy atom. The molecule has 0 amide bonds. The van der Waals surface area contributed by atoms with Gasteiger partial charge >= 0.3 is 0 Å². The Hall–Kier alpha value is 0.430. The molecule has 0 fully saturated rings. The van der Waals surface area contributed by atoms with Gasteiger partial charge in [0.25, 0.3) is 0 Å². The molecule has 0 atom stereocenters. The summed E-state index contributed by atoms with van der Waals surface area (Å²) >= 11 is 0. The molecule has 0 spiro atoms. The zero-order valence-corrected chi connectivity index (χ0v) is 9.57. The molecule has 0 unspecified atom stereocenters. The molecule has 0 aromatic rings. The second-order valence-electron chi connectivity index (χ2n) is 3.58. The molecule has 1 heteroatoms. The lowest BCUT2D eigenvalue weighted by Gasteiger charge is -1.99. The molecule has 1 radical (unpaired) electrons. The smallest absolute Gasteiger partial charge is 0.0317 e. The van der Waals surface area contributed by atoms with Gasteiger partial charge in [0.2, 0.25) is 0 Å². The molecule has 0 aliphatic heterocycles. The van der Waals surface area contributed by atoms with Crippen molar-refractivity contribution in [2.24, 2.45) is 0 Å². The molecule has 0 heterocycles. The Labute approximate surface area is 80.7 Å². The minimum atomic E-state index is 1.18. The van der Waals surface area contributed by atoms with Crippen molar-refractivity contribution in [3.8, 4) is 0 Å². The summed E-state index contributed by atoms with van der Waals surface area (Å²) in [5, 5.41) is 0. The number of rotatable bonds is 9. The van der Waals surface area contributed by atoms with E-state index in [-0.39, 0.29) is 0 Å². The van der Waals surface area contributed by atoms with E-state index in [4.69, 9.17) is 0 Å². The fourth-order valence-corrected chi connectivity index (χ4v) is 1.69. The van der Waals surface area contributed by atoms with Crippen molar-refractivity contribution in [3.05, 3.63) is 0 Å². The van der Waals surface area contributed by atoms with Gasteiger partial charge < -0.3 is 0 Å². The second-order valence-corrected chi connectivity index (χ2v) is 4.08. The first-order chi connectivity index (χ1) is 5.91. The summed E-state index contributed by atoms with van der Waals surface area (Å²) in [5.74, 6) is 0. The molecule has 0 N–H and O–H groups in total. The summed E-state index contributed by atoms with van der Waals surface area (Å²) in [4.78, 5) is 0. The maximum Gasteiger partial charge on any atom is -0.0317 e. The van der Waals surface area contributed by atoms with E-state index < -0.39 is 0 Å². The third-order valence-electron chi connectivity index (χ3n) is 2.28. The molecule has 0 saturated carbocycles. The summed E-state index contributed by atoms with van der Waals surface area (Å²) in [6.07, 6.45) is 14.0. The summed E-state index contributed by atoms with van der Waals surface area (Å²) < 4.78 is 0. The minimum absolute atomic E-state index is 1.18. The van der Waals surface area contributed by atoms with Gasteiger partial charge in [-0.2, -0.15) is 0 Å². The van der Waals surface area contributed by atoms with E-state index in [9.17, 15) is 0 Å². The quantitative estimate of drug-likeness (QED) is 0.364. The highest BCUT2D eigenvalue weighted by Crippen LogP contribution is 2.09. The van der Waals surface area contributed by atoms with Crippen LogP contribution in [0.3, 0.4) is 0 Å². The lowest BCUT2D eigenvalue weighted by Crippen LogP contribution is -1.81. The third-order valence-corrected chi connectivity index (χ3v) is 2.63. The number of hydrogen-bond donors (Lipinski definition) is 0. The van der Waals surface area contributed by atoms with Crippen molar-refractivity contribution in [3.63, 3.8) is 0 Å². The van der Waals surface area contributed by atoms with Crippen molar-refractivity contribution in [1.29, 1.82) is 0 Å². The van der Waals surface area contributed by atoms with Gasteiger partial charge in [0.1, 0.15) is 0 Å². The first-order valence-corrected chi connectivity index (χ1v) is 6.27. The van der Waals surface area contributed by atoms with Gasteiger partial charge in [0.15, 0.2) is 0 Å². The molecule has 73 valence electrons. The predicted octanol–water partition coefficient (Wildman–Crippen LogP) is 4.66. The maximum absolute atomic E-state index is 3.50. The predicted molar refractivity (Wildman–Crippen MR) is 60.4 cm³/mol. The van der Waals surface area contributed by atoms with E-state index in [0.29, 0.717) is 0 Å². The largest absolute Gasteiger partial charge is 0.0992 e. The summed E-state index contributed by atoms with van der Waals surface area (Å²) in [6, 6.07) is 0. The van der Waals surface area contributed by atoms with Crippen LogP contribution in [0.25, 0.3) is 0 Å². The highest BCUT2D eigenvalue weighted by Gasteiger charge is 1.90. The molecule has 0 aliphatic carbocycles. The first kappa shape index (κ1) is 12.4. The van der Waals surface area contributed by atoms with Crippen LogP contribution in [0.1, 0.15) is 64.7 Å². The van der Waals surface area contributed by atoms with E-state index in [0.717, 1.165) is 0 Å². The number of unbranched alkanes of at least 4 members (excludes halogenated alkanes) is 8. The monoisotopic (exact) mass is 187 g/mol. The Bertz CT molecular complexity index is 61.4. The normalized spacial score (nSPS) is 10.5. The van der Waals surface area contributed by atoms with Crippen LogP contribution in [0.15, 0.2) is 0 Å². The fraction of sp³-hybridized carbons (Fsp3) is 1.00. The third kappa shape index (κ3) is 10.4. The van der Waals surface area contributed by atoms with Gasteiger partial charge in [0.05, 0.1) is 0 Å². The van der Waals surface area contributed by atoms with Gasteiger partial charge in [-0.15, -0.1) is 0 Å². The van der Waals surface area contributed by atoms with E-state index in [1.54, 1.807) is 0 Å². The maximum atomic E-state index is 3.50. The number of hydrogen-bond acceptors (Lipinski definition) is 0. The molecule has 0 rings (SSSR count). The molecule has 0 bridgehead atoms. The van der Waals surface area contributed by atoms with Crippen molar-refractivity contribution >= 4 is 9.24 Å². The SMILES string of the molecule is CCCCCCCCCCC[PH]. The van der Waals surface area contributed by atoms with Crippen molar-refractivity contribution in [2.75, 3.05) is 6.16 Å². The Morgan fingerprint density at radius 2 is 1.08 bits per heavy atom. The molecule has 12 heavy (non-hydrogen) atoms. The van der Waals surface area contributed by atoms with E-state index >= 15 is 0 Å². The molecular weight excluding hydrogens is 163 g/mol. The second kappa shape index (κ2) is 11.4. The molecule has 0 saturated heterocycles. The van der Waals surface area contributed by atoms with Crippen LogP contribution in [-0.2, 0) is 0 Å². The zero-order chi connectivity index (χ0) is 9.07. The minimum Gasteiger partial charge on any atom is -0.0992 e. The molecule has 0 aromatic carbocycles. The van der Waals surface area contributed by atoms with Gasteiger partial charge in [-0.3, -0.25) is 0 Å². The van der Waals surface area contributed by atoms with Gasteiger partial charge in [-0.1, -0.05) is 67.5 Å². The van der Waals surface area contributed by atoms with Crippen molar-refractivity contribution < 1.29 is 0 Å². The van der Waals surface area contributed by atoms with Crippen LogP contribution in [0, 0.1) is 0 Å². The van der Waals surface area contributed by atoms with Gasteiger partial charge in [-0.05, 0) is 12.6 Å². The first-order valence-electron chi connectivity index (χ1n) is 5.56. The standard InChI is InChI=1S/C11H24P/c1-2-3-4-5-6-7-8-9-10-11-12/h12H,2-11H2,1H3. The van der Waals surface area contributed by atoms with Crippen molar-refractivity contribution in [2.45, 2.75) is 64.7 Å². The van der Waals surface area contributed by atoms with Crippen LogP contribution in [0.4, 0.5) is 0 Å². The highest BCUT2D eigenvalue weighted by atomic mass is 31.0. The van der Waals surface area contributed by atoms with E-state index in [2.05, 4.69) is 16.2 Å². The summed E-state index contributed by atoms with van der Waals surface area (Å²) in [6.45, 7) is 2.27. The molecular formula is C11H24P. The molecule has 0 aliphatic rings. The van der Waals surface area contributed by atoms with Crippen LogP contribution in [0.5, 0.6) is 0 Å². The average Bonchev–Trinajstić information content (AvgIpc) is 2.10. The highest BCUT2D eigenvalue weighted by molar-refractivity contribution is 7.16. The molecule has 0 nitrogen and oxygen atoms in total. The Kier molecular flexibility index (Phi) is 11.8.